The lowest BCUT2D eigenvalue weighted by molar-refractivity contribution is 0.0696. The summed E-state index contributed by atoms with van der Waals surface area (Å²) in [7, 11) is 0. The molecule has 5 heteroatoms. The molecule has 0 amide bonds. The van der Waals surface area contributed by atoms with Gasteiger partial charge < -0.3 is 5.11 Å². The smallest absolute Gasteiger partial charge is 0.338 e. The molecule has 0 aliphatic heterocycles. The summed E-state index contributed by atoms with van der Waals surface area (Å²) in [6.07, 6.45) is 0. The average molecular weight is 214 g/mol. The minimum Gasteiger partial charge on any atom is -0.478 e. The van der Waals surface area contributed by atoms with Gasteiger partial charge in [0.05, 0.1) is 16.1 Å². The van der Waals surface area contributed by atoms with Gasteiger partial charge in [-0.3, -0.25) is 0 Å². The first-order valence-corrected chi connectivity index (χ1v) is 4.05. The average Bonchev–Trinajstić information content (AvgIpc) is 2.07. The molecular weight excluding hydrogens is 210 g/mol. The van der Waals surface area contributed by atoms with Crippen molar-refractivity contribution in [2.24, 2.45) is 0 Å². The predicted molar refractivity (Wildman–Crippen MR) is 50.4 cm³/mol. The van der Waals surface area contributed by atoms with E-state index in [1.165, 1.54) is 12.1 Å². The van der Waals surface area contributed by atoms with Crippen molar-refractivity contribution in [1.82, 2.24) is 0 Å². The molecule has 0 radical (unpaired) electrons. The number of carboxylic acid groups (broad SMARTS) is 1. The van der Waals surface area contributed by atoms with Gasteiger partial charge in [0.25, 0.3) is 0 Å². The topological polar surface area (TPSA) is 61.1 Å². The highest BCUT2D eigenvalue weighted by Crippen LogP contribution is 2.25. The van der Waals surface area contributed by atoms with E-state index in [1.54, 1.807) is 6.07 Å². The zero-order chi connectivity index (χ0) is 10.0. The fourth-order valence-corrected chi connectivity index (χ4v) is 1.36. The van der Waals surface area contributed by atoms with E-state index in [9.17, 15) is 4.79 Å². The number of halogens is 1. The molecule has 0 saturated heterocycles. The van der Waals surface area contributed by atoms with E-state index >= 15 is 0 Å². The van der Waals surface area contributed by atoms with Gasteiger partial charge in [0.15, 0.2) is 0 Å². The summed E-state index contributed by atoms with van der Waals surface area (Å²) in [5.41, 5.74) is -0.208. The van der Waals surface area contributed by atoms with Gasteiger partial charge in [-0.2, -0.15) is 5.26 Å². The monoisotopic (exact) mass is 213 g/mol. The highest BCUT2D eigenvalue weighted by atomic mass is 35.5. The molecule has 13 heavy (non-hydrogen) atoms. The Balaban J connectivity index is 3.55. The third kappa shape index (κ3) is 1.77. The lowest BCUT2D eigenvalue weighted by Gasteiger charge is -2.02. The number of nitrogens with zero attached hydrogens (tertiary/aromatic N) is 1. The highest BCUT2D eigenvalue weighted by Gasteiger charge is 2.16. The van der Waals surface area contributed by atoms with E-state index in [0.717, 1.165) is 0 Å². The fourth-order valence-electron chi connectivity index (χ4n) is 0.889. The molecule has 0 spiro atoms. The Bertz CT molecular complexity index is 411. The van der Waals surface area contributed by atoms with Gasteiger partial charge in [-0.25, -0.2) is 4.79 Å². The van der Waals surface area contributed by atoms with Gasteiger partial charge in [0.1, 0.15) is 6.07 Å². The van der Waals surface area contributed by atoms with Crippen LogP contribution in [-0.4, -0.2) is 11.1 Å². The molecule has 0 aliphatic carbocycles. The molecule has 66 valence electrons. The van der Waals surface area contributed by atoms with Crippen LogP contribution in [-0.2, 0) is 0 Å². The number of aromatic carboxylic acids is 1. The number of benzene rings is 1. The van der Waals surface area contributed by atoms with Gasteiger partial charge in [0.2, 0.25) is 0 Å². The molecule has 0 atom stereocenters. The number of nitriles is 1. The molecule has 0 aliphatic rings. The maximum Gasteiger partial charge on any atom is 0.338 e. The molecule has 1 rings (SSSR count). The van der Waals surface area contributed by atoms with E-state index in [2.05, 4.69) is 12.6 Å². The summed E-state index contributed by atoms with van der Waals surface area (Å²) < 4.78 is 0. The van der Waals surface area contributed by atoms with Crippen LogP contribution in [0.5, 0.6) is 0 Å². The van der Waals surface area contributed by atoms with Crippen LogP contribution in [0.25, 0.3) is 0 Å². The van der Waals surface area contributed by atoms with E-state index in [0.29, 0.717) is 4.90 Å². The van der Waals surface area contributed by atoms with Crippen LogP contribution in [0.15, 0.2) is 17.0 Å². The molecular formula is C8H4ClNO2S. The third-order valence-corrected chi connectivity index (χ3v) is 2.15. The van der Waals surface area contributed by atoms with Crippen LogP contribution in [0.1, 0.15) is 15.9 Å². The molecule has 0 bridgehead atoms. The Morgan fingerprint density at radius 3 is 2.62 bits per heavy atom. The summed E-state index contributed by atoms with van der Waals surface area (Å²) in [6.45, 7) is 0. The zero-order valence-corrected chi connectivity index (χ0v) is 7.93. The van der Waals surface area contributed by atoms with Crippen LogP contribution in [0.3, 0.4) is 0 Å². The van der Waals surface area contributed by atoms with Crippen molar-refractivity contribution in [3.05, 3.63) is 28.3 Å². The van der Waals surface area contributed by atoms with Crippen LogP contribution >= 0.6 is 24.2 Å². The van der Waals surface area contributed by atoms with Crippen LogP contribution in [0.4, 0.5) is 0 Å². The Kier molecular flexibility index (Phi) is 2.81. The molecule has 0 unspecified atom stereocenters. The number of thiol groups is 1. The van der Waals surface area contributed by atoms with Gasteiger partial charge in [0, 0.05) is 4.90 Å². The molecule has 0 fully saturated rings. The summed E-state index contributed by atoms with van der Waals surface area (Å²) in [5, 5.41) is 17.4. The maximum atomic E-state index is 10.7. The van der Waals surface area contributed by atoms with E-state index in [1.807, 2.05) is 0 Å². The highest BCUT2D eigenvalue weighted by molar-refractivity contribution is 7.80. The predicted octanol–water partition coefficient (Wildman–Crippen LogP) is 2.20. The van der Waals surface area contributed by atoms with Gasteiger partial charge in [-0.15, -0.1) is 12.6 Å². The normalized spacial score (nSPS) is 9.31. The van der Waals surface area contributed by atoms with Crippen molar-refractivity contribution in [2.75, 3.05) is 0 Å². The third-order valence-electron chi connectivity index (χ3n) is 1.46. The van der Waals surface area contributed by atoms with Gasteiger partial charge >= 0.3 is 5.97 Å². The Morgan fingerprint density at radius 1 is 1.62 bits per heavy atom. The first kappa shape index (κ1) is 9.90. The second-order valence-electron chi connectivity index (χ2n) is 2.23. The molecule has 0 heterocycles. The van der Waals surface area contributed by atoms with Crippen molar-refractivity contribution >= 4 is 30.2 Å². The molecule has 0 saturated carbocycles. The van der Waals surface area contributed by atoms with Crippen molar-refractivity contribution in [3.63, 3.8) is 0 Å². The first-order chi connectivity index (χ1) is 6.07. The van der Waals surface area contributed by atoms with E-state index in [-0.39, 0.29) is 16.1 Å². The first-order valence-electron chi connectivity index (χ1n) is 3.22. The molecule has 1 N–H and O–H groups in total. The lowest BCUT2D eigenvalue weighted by atomic mass is 10.1. The number of rotatable bonds is 1. The van der Waals surface area contributed by atoms with Gasteiger partial charge in [-0.05, 0) is 12.1 Å². The van der Waals surface area contributed by atoms with Crippen molar-refractivity contribution in [3.8, 4) is 6.07 Å². The standard InChI is InChI=1S/C8H4ClNO2S/c9-5-1-2-6(13)4(3-10)7(5)8(11)12/h1-2,13H,(H,11,12). The lowest BCUT2D eigenvalue weighted by Crippen LogP contribution is -2.02. The minimum absolute atomic E-state index is 0.0108. The summed E-state index contributed by atoms with van der Waals surface area (Å²) in [4.78, 5) is 11.0. The molecule has 0 aromatic heterocycles. The quantitative estimate of drug-likeness (QED) is 0.703. The maximum absolute atomic E-state index is 10.7. The number of carboxylic acids is 1. The minimum atomic E-state index is -1.22. The van der Waals surface area contributed by atoms with Crippen molar-refractivity contribution in [1.29, 1.82) is 5.26 Å². The van der Waals surface area contributed by atoms with Crippen LogP contribution in [0.2, 0.25) is 5.02 Å². The second kappa shape index (κ2) is 3.69. The summed E-state index contributed by atoms with van der Waals surface area (Å²) in [6, 6.07) is 4.62. The Morgan fingerprint density at radius 2 is 2.23 bits per heavy atom. The summed E-state index contributed by atoms with van der Waals surface area (Å²) >= 11 is 9.55. The van der Waals surface area contributed by atoms with Gasteiger partial charge in [-0.1, -0.05) is 11.6 Å². The fraction of sp³-hybridized carbons (Fsp3) is 0. The number of hydrogen-bond donors (Lipinski definition) is 2. The molecule has 1 aromatic rings. The molecule has 1 aromatic carbocycles. The summed E-state index contributed by atoms with van der Waals surface area (Å²) in [5.74, 6) is -1.22. The molecule has 3 nitrogen and oxygen atoms in total. The number of hydrogen-bond acceptors (Lipinski definition) is 3. The zero-order valence-electron chi connectivity index (χ0n) is 6.28. The number of carbonyl (C=O) groups is 1. The largest absolute Gasteiger partial charge is 0.478 e. The van der Waals surface area contributed by atoms with Crippen molar-refractivity contribution in [2.45, 2.75) is 4.90 Å². The van der Waals surface area contributed by atoms with Crippen LogP contribution in [0, 0.1) is 11.3 Å². The second-order valence-corrected chi connectivity index (χ2v) is 3.12. The SMILES string of the molecule is N#Cc1c(S)ccc(Cl)c1C(=O)O. The van der Waals surface area contributed by atoms with E-state index in [4.69, 9.17) is 22.0 Å². The van der Waals surface area contributed by atoms with Crippen molar-refractivity contribution < 1.29 is 9.90 Å². The van der Waals surface area contributed by atoms with Crippen LogP contribution < -0.4 is 0 Å². The van der Waals surface area contributed by atoms with E-state index < -0.39 is 5.97 Å². The Labute approximate surface area is 85.0 Å². The Hall–Kier alpha value is -1.18.